The Labute approximate surface area is 784 Å². The van der Waals surface area contributed by atoms with E-state index in [0.717, 1.165) is 45.5 Å². The Hall–Kier alpha value is -16.8. The number of anilines is 18. The van der Waals surface area contributed by atoms with Gasteiger partial charge in [0, 0.05) is 101 Å². The van der Waals surface area contributed by atoms with Crippen molar-refractivity contribution in [2.24, 2.45) is 0 Å². The maximum Gasteiger partial charge on any atom is 0.0540 e. The van der Waals surface area contributed by atoms with E-state index in [1.165, 1.54) is 198 Å². The van der Waals surface area contributed by atoms with Crippen LogP contribution in [0.15, 0.2) is 461 Å². The van der Waals surface area contributed by atoms with Crippen molar-refractivity contribution in [3.05, 3.63) is 506 Å². The van der Waals surface area contributed by atoms with Gasteiger partial charge < -0.3 is 29.4 Å². The lowest BCUT2D eigenvalue weighted by atomic mass is 9.91. The van der Waals surface area contributed by atoms with Gasteiger partial charge in [0.15, 0.2) is 0 Å². The summed E-state index contributed by atoms with van der Waals surface area (Å²) < 4.78 is 0. The van der Waals surface area contributed by atoms with Gasteiger partial charge in [0.2, 0.25) is 0 Å². The summed E-state index contributed by atoms with van der Waals surface area (Å²) in [6.45, 7) is 17.4. The van der Waals surface area contributed by atoms with Crippen LogP contribution in [0.25, 0.3) is 97.0 Å². The molecule has 6 nitrogen and oxygen atoms in total. The second kappa shape index (κ2) is 35.2. The maximum absolute atomic E-state index is 2.45. The van der Waals surface area contributed by atoms with Gasteiger partial charge in [0.05, 0.1) is 34.1 Å². The number of rotatable bonds is 18. The average molecular weight is 1720 g/mol. The first-order valence-electron chi connectivity index (χ1n) is 46.4. The lowest BCUT2D eigenvalue weighted by Crippen LogP contribution is -2.14. The fourth-order valence-electron chi connectivity index (χ4n) is 20.5. The third-order valence-corrected chi connectivity index (χ3v) is 26.9. The molecule has 0 aliphatic rings. The average Bonchev–Trinajstić information content (AvgIpc) is 0.737. The Morgan fingerprint density at radius 1 is 0.119 bits per heavy atom. The van der Waals surface area contributed by atoms with Crippen molar-refractivity contribution in [1.29, 1.82) is 0 Å². The minimum atomic E-state index is 1.14. The summed E-state index contributed by atoms with van der Waals surface area (Å²) in [4.78, 5) is 14.4. The largest absolute Gasteiger partial charge is 0.310 e. The molecule has 0 bridgehead atoms. The van der Waals surface area contributed by atoms with Crippen LogP contribution >= 0.6 is 0 Å². The molecule has 24 aromatic carbocycles. The molecule has 6 heteroatoms. The zero-order valence-corrected chi connectivity index (χ0v) is 76.6. The summed E-state index contributed by atoms with van der Waals surface area (Å²) in [7, 11) is 0. The third kappa shape index (κ3) is 15.1. The van der Waals surface area contributed by atoms with Gasteiger partial charge in [-0.05, 0) is 311 Å². The Bertz CT molecular complexity index is 7840. The standard InChI is InChI=1S/C44H36N2.2C42H32N2/c1-29-13-5-9-17-37(29)45(38-18-10-6-14-30(38)2)41-27-23-33-22-26-36-42(28-24-34-21-25-35(41)43(33)44(34)36)46(39-19-11-7-15-31(39)3)40-20-12-8-16-32(40)4;1-29-11-9-17-35(27-29)43(33-13-5-3-6-14-33)39-25-21-31-20-24-38-40(26-22-32-19-23-37(39)41(31)42(32)38)44(34-15-7-4-8-16-34)36-18-10-12-30(2)28-36;1-29-13-21-35(22-14-29)43(33-9-5-3-6-10-33)39-27-19-31-18-26-38-40(28-20-32-17-25-37(39)41(31)42(32)38)44(34-11-7-4-8-12-34)36-23-15-30(2)16-24-36/h5-28H,1-4H3;2*3-28H,1-2H3. The lowest BCUT2D eigenvalue weighted by molar-refractivity contribution is 1.23. The Morgan fingerprint density at radius 3 is 0.530 bits per heavy atom. The van der Waals surface area contributed by atoms with E-state index in [4.69, 9.17) is 0 Å². The molecule has 0 N–H and O–H groups in total. The topological polar surface area (TPSA) is 19.4 Å². The summed E-state index contributed by atoms with van der Waals surface area (Å²) >= 11 is 0. The van der Waals surface area contributed by atoms with Gasteiger partial charge in [-0.25, -0.2) is 0 Å². The highest BCUT2D eigenvalue weighted by Gasteiger charge is 2.29. The SMILES string of the molecule is Cc1ccc(N(c2ccccc2)c2ccc3ccc4c(N(c5ccccc5)c5ccc(C)cc5)ccc5ccc2c3c54)cc1.Cc1cccc(N(c2ccccc2)c2ccc3ccc4c(N(c5ccccc5)c5cccc(C)c5)ccc5ccc2c3c54)c1.Cc1ccccc1N(c1ccccc1C)c1ccc2ccc3c(N(c4ccccc4C)c4ccccc4C)ccc4ccc1c2c43. The monoisotopic (exact) mass is 1720 g/mol. The number of benzene rings is 24. The number of para-hydroxylation sites is 8. The first-order chi connectivity index (χ1) is 65.8. The summed E-state index contributed by atoms with van der Waals surface area (Å²) in [6.07, 6.45) is 0. The van der Waals surface area contributed by atoms with E-state index in [9.17, 15) is 0 Å². The molecule has 0 saturated carbocycles. The minimum absolute atomic E-state index is 1.14. The van der Waals surface area contributed by atoms with Gasteiger partial charge in [0.1, 0.15) is 0 Å². The summed E-state index contributed by atoms with van der Waals surface area (Å²) in [5.41, 5.74) is 30.9. The molecule has 0 saturated heterocycles. The molecule has 0 aliphatic carbocycles. The summed E-state index contributed by atoms with van der Waals surface area (Å²) in [5.74, 6) is 0. The molecule has 0 radical (unpaired) electrons. The van der Waals surface area contributed by atoms with E-state index in [1.807, 2.05) is 0 Å². The van der Waals surface area contributed by atoms with E-state index < -0.39 is 0 Å². The highest BCUT2D eigenvalue weighted by molar-refractivity contribution is 6.31. The maximum atomic E-state index is 2.45. The Balaban J connectivity index is 0.000000117. The normalized spacial score (nSPS) is 11.4. The van der Waals surface area contributed by atoms with Crippen LogP contribution in [-0.4, -0.2) is 0 Å². The van der Waals surface area contributed by atoms with Crippen LogP contribution in [0, 0.1) is 55.4 Å². The number of hydrogen-bond donors (Lipinski definition) is 0. The molecule has 0 aliphatic heterocycles. The number of nitrogens with zero attached hydrogens (tertiary/aromatic N) is 6. The highest BCUT2D eigenvalue weighted by Crippen LogP contribution is 2.54. The molecule has 0 spiro atoms. The summed E-state index contributed by atoms with van der Waals surface area (Å²) in [6, 6.07) is 168. The summed E-state index contributed by atoms with van der Waals surface area (Å²) in [5, 5.41) is 22.7. The van der Waals surface area contributed by atoms with Crippen LogP contribution in [0.4, 0.5) is 102 Å². The third-order valence-electron chi connectivity index (χ3n) is 26.9. The molecule has 0 fully saturated rings. The van der Waals surface area contributed by atoms with Crippen LogP contribution in [-0.2, 0) is 0 Å². The zero-order chi connectivity index (χ0) is 90.6. The van der Waals surface area contributed by atoms with Crippen molar-refractivity contribution in [2.45, 2.75) is 55.4 Å². The fraction of sp³-hybridized carbons (Fsp3) is 0.0625. The molecule has 0 unspecified atom stereocenters. The molecule has 24 aromatic rings. The quantitative estimate of drug-likeness (QED) is 0.0792. The lowest BCUT2D eigenvalue weighted by Gasteiger charge is -2.31. The number of aryl methyl sites for hydroxylation is 8. The molecule has 0 amide bonds. The molecule has 0 atom stereocenters. The Morgan fingerprint density at radius 2 is 0.306 bits per heavy atom. The van der Waals surface area contributed by atoms with Crippen molar-refractivity contribution in [2.75, 3.05) is 29.4 Å². The molecule has 642 valence electrons. The number of hydrogen-bond acceptors (Lipinski definition) is 6. The van der Waals surface area contributed by atoms with Crippen LogP contribution in [0.1, 0.15) is 44.5 Å². The van der Waals surface area contributed by atoms with Gasteiger partial charge in [-0.2, -0.15) is 0 Å². The van der Waals surface area contributed by atoms with E-state index in [0.29, 0.717) is 0 Å². The minimum Gasteiger partial charge on any atom is -0.310 e. The smallest absolute Gasteiger partial charge is 0.0540 e. The van der Waals surface area contributed by atoms with Crippen molar-refractivity contribution < 1.29 is 0 Å². The van der Waals surface area contributed by atoms with Crippen molar-refractivity contribution in [3.8, 4) is 0 Å². The van der Waals surface area contributed by atoms with Crippen LogP contribution < -0.4 is 29.4 Å². The van der Waals surface area contributed by atoms with E-state index in [2.05, 4.69) is 546 Å². The van der Waals surface area contributed by atoms with E-state index >= 15 is 0 Å². The molecule has 24 rings (SSSR count). The van der Waals surface area contributed by atoms with Crippen LogP contribution in [0.3, 0.4) is 0 Å². The predicted octanol–water partition coefficient (Wildman–Crippen LogP) is 37.0. The first-order valence-corrected chi connectivity index (χ1v) is 46.4. The fourth-order valence-corrected chi connectivity index (χ4v) is 20.5. The molecule has 0 heterocycles. The second-order valence-corrected chi connectivity index (χ2v) is 35.6. The molecular formula is C128H100N6. The first kappa shape index (κ1) is 82.9. The van der Waals surface area contributed by atoms with E-state index in [-0.39, 0.29) is 0 Å². The van der Waals surface area contributed by atoms with Crippen LogP contribution in [0.2, 0.25) is 0 Å². The van der Waals surface area contributed by atoms with Gasteiger partial charge in [-0.15, -0.1) is 0 Å². The second-order valence-electron chi connectivity index (χ2n) is 35.6. The highest BCUT2D eigenvalue weighted by atomic mass is 15.2. The zero-order valence-electron chi connectivity index (χ0n) is 76.6. The van der Waals surface area contributed by atoms with Crippen molar-refractivity contribution >= 4 is 199 Å². The van der Waals surface area contributed by atoms with Gasteiger partial charge in [-0.3, -0.25) is 0 Å². The van der Waals surface area contributed by atoms with Gasteiger partial charge in [-0.1, -0.05) is 314 Å². The van der Waals surface area contributed by atoms with Gasteiger partial charge >= 0.3 is 0 Å². The van der Waals surface area contributed by atoms with Gasteiger partial charge in [0.25, 0.3) is 0 Å². The van der Waals surface area contributed by atoms with Crippen molar-refractivity contribution in [3.63, 3.8) is 0 Å². The molecule has 0 aromatic heterocycles. The Kier molecular flexibility index (Phi) is 21.8. The van der Waals surface area contributed by atoms with Crippen molar-refractivity contribution in [1.82, 2.24) is 0 Å². The molecule has 134 heavy (non-hydrogen) atoms. The molecular weight excluding hydrogens is 1620 g/mol. The predicted molar refractivity (Wildman–Crippen MR) is 576 cm³/mol. The van der Waals surface area contributed by atoms with Crippen LogP contribution in [0.5, 0.6) is 0 Å². The van der Waals surface area contributed by atoms with E-state index in [1.54, 1.807) is 0 Å².